The van der Waals surface area contributed by atoms with Crippen LogP contribution in [0.4, 0.5) is 0 Å². The second-order valence-electron chi connectivity index (χ2n) is 3.74. The van der Waals surface area contributed by atoms with Gasteiger partial charge in [0.15, 0.2) is 0 Å². The molecule has 0 saturated carbocycles. The molecule has 5 nitrogen and oxygen atoms in total. The number of carbonyl (C=O) groups is 1. The van der Waals surface area contributed by atoms with E-state index in [-0.39, 0.29) is 6.61 Å². The van der Waals surface area contributed by atoms with Crippen molar-refractivity contribution in [2.24, 2.45) is 0 Å². The van der Waals surface area contributed by atoms with E-state index in [1.165, 1.54) is 18.4 Å². The quantitative estimate of drug-likeness (QED) is 0.676. The normalized spacial score (nSPS) is 12.6. The average Bonchev–Trinajstić information content (AvgIpc) is 2.61. The lowest BCUT2D eigenvalue weighted by atomic mass is 10.2. The van der Waals surface area contributed by atoms with Crippen molar-refractivity contribution in [1.29, 1.82) is 0 Å². The highest BCUT2D eigenvalue weighted by atomic mass is 32.1. The molecule has 1 atom stereocenters. The number of carboxylic acid groups (broad SMARTS) is 1. The Kier molecular flexibility index (Phi) is 5.57. The number of carboxylic acids is 1. The summed E-state index contributed by atoms with van der Waals surface area (Å²) >= 11 is 1.26. The van der Waals surface area contributed by atoms with Crippen molar-refractivity contribution >= 4 is 17.3 Å². The molecule has 0 spiro atoms. The van der Waals surface area contributed by atoms with Gasteiger partial charge in [0.2, 0.25) is 0 Å². The van der Waals surface area contributed by atoms with Gasteiger partial charge in [0.05, 0.1) is 12.7 Å². The van der Waals surface area contributed by atoms with Crippen LogP contribution in [0.1, 0.15) is 20.1 Å². The van der Waals surface area contributed by atoms with Gasteiger partial charge in [-0.2, -0.15) is 0 Å². The summed E-state index contributed by atoms with van der Waals surface area (Å²) in [7, 11) is 1.53. The molecule has 0 aliphatic rings. The first kappa shape index (κ1) is 14.1. The maximum atomic E-state index is 10.8. The van der Waals surface area contributed by atoms with E-state index in [4.69, 9.17) is 9.84 Å². The summed E-state index contributed by atoms with van der Waals surface area (Å²) in [6, 6.07) is 1.66. The lowest BCUT2D eigenvalue weighted by Crippen LogP contribution is -2.29. The molecule has 1 aromatic rings. The molecule has 3 N–H and O–H groups in total. The third-order valence-electron chi connectivity index (χ3n) is 2.29. The Balaban J connectivity index is 2.44. The Hall–Kier alpha value is -0.950. The van der Waals surface area contributed by atoms with Crippen molar-refractivity contribution in [3.8, 4) is 0 Å². The maximum absolute atomic E-state index is 10.8. The molecule has 0 saturated heterocycles. The molecule has 0 bridgehead atoms. The van der Waals surface area contributed by atoms with Crippen molar-refractivity contribution < 1.29 is 19.7 Å². The second-order valence-corrected chi connectivity index (χ2v) is 4.99. The molecule has 0 fully saturated rings. The molecular weight excluding hydrogens is 242 g/mol. The standard InChI is InChI=1S/C11H17NO4S/c1-7-8(3-10(17-7)11(14)15)4-12-5-9(13)6-16-2/h3,9,12-13H,4-6H2,1-2H3,(H,14,15). The minimum absolute atomic E-state index is 0.288. The summed E-state index contributed by atoms with van der Waals surface area (Å²) in [5.41, 5.74) is 0.956. The van der Waals surface area contributed by atoms with Gasteiger partial charge in [0.1, 0.15) is 4.88 Å². The topological polar surface area (TPSA) is 78.8 Å². The smallest absolute Gasteiger partial charge is 0.345 e. The van der Waals surface area contributed by atoms with E-state index < -0.39 is 12.1 Å². The highest BCUT2D eigenvalue weighted by Gasteiger charge is 2.11. The third-order valence-corrected chi connectivity index (χ3v) is 3.37. The molecule has 0 radical (unpaired) electrons. The fourth-order valence-electron chi connectivity index (χ4n) is 1.43. The SMILES string of the molecule is COCC(O)CNCc1cc(C(=O)O)sc1C. The summed E-state index contributed by atoms with van der Waals surface area (Å²) in [4.78, 5) is 12.1. The van der Waals surface area contributed by atoms with Crippen LogP contribution in [0.25, 0.3) is 0 Å². The van der Waals surface area contributed by atoms with E-state index in [0.29, 0.717) is 18.0 Å². The fraction of sp³-hybridized carbons (Fsp3) is 0.545. The Morgan fingerprint density at radius 3 is 2.88 bits per heavy atom. The molecule has 1 aromatic heterocycles. The zero-order chi connectivity index (χ0) is 12.8. The largest absolute Gasteiger partial charge is 0.477 e. The lowest BCUT2D eigenvalue weighted by molar-refractivity contribution is 0.0643. The number of aryl methyl sites for hydroxylation is 1. The number of aliphatic hydroxyl groups excluding tert-OH is 1. The average molecular weight is 259 g/mol. The van der Waals surface area contributed by atoms with Gasteiger partial charge in [-0.25, -0.2) is 4.79 Å². The third kappa shape index (κ3) is 4.43. The monoisotopic (exact) mass is 259 g/mol. The first-order chi connectivity index (χ1) is 8.04. The molecule has 0 amide bonds. The predicted octanol–water partition coefficient (Wildman–Crippen LogP) is 0.852. The Labute approximate surface area is 104 Å². The van der Waals surface area contributed by atoms with E-state index in [1.807, 2.05) is 6.92 Å². The van der Waals surface area contributed by atoms with Crippen molar-refractivity contribution in [2.45, 2.75) is 19.6 Å². The number of thiophene rings is 1. The van der Waals surface area contributed by atoms with Gasteiger partial charge in [-0.05, 0) is 18.6 Å². The van der Waals surface area contributed by atoms with E-state index in [2.05, 4.69) is 5.32 Å². The van der Waals surface area contributed by atoms with Gasteiger partial charge in [-0.15, -0.1) is 11.3 Å². The summed E-state index contributed by atoms with van der Waals surface area (Å²) in [6.45, 7) is 3.15. The van der Waals surface area contributed by atoms with Crippen LogP contribution in [0.15, 0.2) is 6.07 Å². The van der Waals surface area contributed by atoms with Gasteiger partial charge in [0, 0.05) is 25.1 Å². The van der Waals surface area contributed by atoms with E-state index >= 15 is 0 Å². The zero-order valence-electron chi connectivity index (χ0n) is 9.90. The van der Waals surface area contributed by atoms with E-state index in [9.17, 15) is 9.90 Å². The Bertz CT molecular complexity index is 378. The minimum Gasteiger partial charge on any atom is -0.477 e. The van der Waals surface area contributed by atoms with E-state index in [0.717, 1.165) is 10.4 Å². The number of aliphatic hydroxyl groups is 1. The van der Waals surface area contributed by atoms with Gasteiger partial charge >= 0.3 is 5.97 Å². The molecule has 6 heteroatoms. The molecule has 1 rings (SSSR count). The van der Waals surface area contributed by atoms with Crippen LogP contribution in [0.3, 0.4) is 0 Å². The van der Waals surface area contributed by atoms with Gasteiger partial charge in [-0.3, -0.25) is 0 Å². The van der Waals surface area contributed by atoms with E-state index in [1.54, 1.807) is 6.07 Å². The lowest BCUT2D eigenvalue weighted by Gasteiger charge is -2.10. The summed E-state index contributed by atoms with van der Waals surface area (Å²) in [5.74, 6) is -0.899. The Morgan fingerprint density at radius 1 is 1.65 bits per heavy atom. The highest BCUT2D eigenvalue weighted by molar-refractivity contribution is 7.14. The molecule has 1 unspecified atom stereocenters. The summed E-state index contributed by atoms with van der Waals surface area (Å²) in [6.07, 6.45) is -0.544. The number of nitrogens with one attached hydrogen (secondary N) is 1. The summed E-state index contributed by atoms with van der Waals surface area (Å²) < 4.78 is 4.80. The molecule has 0 aliphatic heterocycles. The Morgan fingerprint density at radius 2 is 2.35 bits per heavy atom. The van der Waals surface area contributed by atoms with Crippen LogP contribution < -0.4 is 5.32 Å². The number of rotatable bonds is 7. The molecule has 17 heavy (non-hydrogen) atoms. The number of ether oxygens (including phenoxy) is 1. The van der Waals surface area contributed by atoms with Gasteiger partial charge in [-0.1, -0.05) is 0 Å². The molecular formula is C11H17NO4S. The van der Waals surface area contributed by atoms with Crippen LogP contribution in [0, 0.1) is 6.92 Å². The van der Waals surface area contributed by atoms with Crippen LogP contribution >= 0.6 is 11.3 Å². The first-order valence-electron chi connectivity index (χ1n) is 5.25. The number of methoxy groups -OCH3 is 1. The van der Waals surface area contributed by atoms with Crippen LogP contribution in [-0.2, 0) is 11.3 Å². The van der Waals surface area contributed by atoms with Crippen molar-refractivity contribution in [3.05, 3.63) is 21.4 Å². The molecule has 1 heterocycles. The number of hydrogen-bond acceptors (Lipinski definition) is 5. The molecule has 0 aliphatic carbocycles. The van der Waals surface area contributed by atoms with Crippen molar-refractivity contribution in [2.75, 3.05) is 20.3 Å². The maximum Gasteiger partial charge on any atom is 0.345 e. The molecule has 96 valence electrons. The van der Waals surface area contributed by atoms with Crippen molar-refractivity contribution in [3.63, 3.8) is 0 Å². The zero-order valence-corrected chi connectivity index (χ0v) is 10.7. The van der Waals surface area contributed by atoms with Crippen LogP contribution in [0.2, 0.25) is 0 Å². The predicted molar refractivity (Wildman–Crippen MR) is 65.6 cm³/mol. The summed E-state index contributed by atoms with van der Waals surface area (Å²) in [5, 5.41) is 21.3. The van der Waals surface area contributed by atoms with Gasteiger partial charge < -0.3 is 20.3 Å². The number of hydrogen-bond donors (Lipinski definition) is 3. The van der Waals surface area contributed by atoms with Crippen molar-refractivity contribution in [1.82, 2.24) is 5.32 Å². The van der Waals surface area contributed by atoms with Gasteiger partial charge in [0.25, 0.3) is 0 Å². The highest BCUT2D eigenvalue weighted by Crippen LogP contribution is 2.21. The number of aromatic carboxylic acids is 1. The van der Waals surface area contributed by atoms with Crippen LogP contribution in [-0.4, -0.2) is 42.5 Å². The first-order valence-corrected chi connectivity index (χ1v) is 6.06. The van der Waals surface area contributed by atoms with Crippen LogP contribution in [0.5, 0.6) is 0 Å². The minimum atomic E-state index is -0.899. The fourth-order valence-corrected chi connectivity index (χ4v) is 2.31. The second kappa shape index (κ2) is 6.70. The molecule has 0 aromatic carbocycles.